The third-order valence-corrected chi connectivity index (χ3v) is 4.82. The lowest BCUT2D eigenvalue weighted by Gasteiger charge is -2.34. The van der Waals surface area contributed by atoms with E-state index in [4.69, 9.17) is 14.7 Å². The van der Waals surface area contributed by atoms with Gasteiger partial charge < -0.3 is 15.0 Å². The number of hydrogen-bond donors (Lipinski definition) is 1. The SMILES string of the molecule is CCCO[C@H]1CCCN(c2nc(-c3cccnc3)nc3c2CNC3)C1. The maximum atomic E-state index is 6.01. The van der Waals surface area contributed by atoms with Crippen LogP contribution in [0.3, 0.4) is 0 Å². The van der Waals surface area contributed by atoms with Crippen LogP contribution in [0, 0.1) is 0 Å². The molecule has 0 aliphatic carbocycles. The van der Waals surface area contributed by atoms with Crippen LogP contribution in [-0.2, 0) is 17.8 Å². The monoisotopic (exact) mass is 339 g/mol. The zero-order valence-corrected chi connectivity index (χ0v) is 14.7. The summed E-state index contributed by atoms with van der Waals surface area (Å²) in [5, 5.41) is 3.42. The Kier molecular flexibility index (Phi) is 4.90. The van der Waals surface area contributed by atoms with Gasteiger partial charge in [0.05, 0.1) is 11.8 Å². The molecule has 0 spiro atoms. The molecule has 0 saturated carbocycles. The quantitative estimate of drug-likeness (QED) is 0.903. The fourth-order valence-corrected chi connectivity index (χ4v) is 3.59. The molecular formula is C19H25N5O. The van der Waals surface area contributed by atoms with Crippen molar-refractivity contribution in [2.75, 3.05) is 24.6 Å². The second kappa shape index (κ2) is 7.45. The van der Waals surface area contributed by atoms with E-state index in [9.17, 15) is 0 Å². The molecule has 0 unspecified atom stereocenters. The zero-order valence-electron chi connectivity index (χ0n) is 14.7. The molecule has 25 heavy (non-hydrogen) atoms. The smallest absolute Gasteiger partial charge is 0.163 e. The largest absolute Gasteiger partial charge is 0.376 e. The van der Waals surface area contributed by atoms with Gasteiger partial charge in [0.1, 0.15) is 5.82 Å². The minimum Gasteiger partial charge on any atom is -0.376 e. The van der Waals surface area contributed by atoms with E-state index < -0.39 is 0 Å². The normalized spacial score (nSPS) is 19.9. The Morgan fingerprint density at radius 3 is 3.12 bits per heavy atom. The minimum atomic E-state index is 0.301. The number of fused-ring (bicyclic) bond motifs is 1. The highest BCUT2D eigenvalue weighted by Gasteiger charge is 2.27. The van der Waals surface area contributed by atoms with Crippen molar-refractivity contribution in [3.63, 3.8) is 0 Å². The van der Waals surface area contributed by atoms with Gasteiger partial charge in [0.15, 0.2) is 5.82 Å². The highest BCUT2D eigenvalue weighted by atomic mass is 16.5. The first-order chi connectivity index (χ1) is 12.3. The van der Waals surface area contributed by atoms with Gasteiger partial charge in [-0.05, 0) is 31.4 Å². The van der Waals surface area contributed by atoms with Crippen LogP contribution in [0.4, 0.5) is 5.82 Å². The third kappa shape index (κ3) is 3.50. The summed E-state index contributed by atoms with van der Waals surface area (Å²) in [5.41, 5.74) is 3.32. The number of piperidine rings is 1. The number of ether oxygens (including phenoxy) is 1. The average Bonchev–Trinajstić information content (AvgIpc) is 3.15. The van der Waals surface area contributed by atoms with Gasteiger partial charge in [-0.3, -0.25) is 4.98 Å². The molecule has 0 amide bonds. The molecule has 6 nitrogen and oxygen atoms in total. The summed E-state index contributed by atoms with van der Waals surface area (Å²) in [4.78, 5) is 16.3. The maximum absolute atomic E-state index is 6.01. The molecule has 1 atom stereocenters. The van der Waals surface area contributed by atoms with E-state index in [1.165, 1.54) is 5.56 Å². The van der Waals surface area contributed by atoms with Gasteiger partial charge in [0.2, 0.25) is 0 Å². The van der Waals surface area contributed by atoms with Crippen LogP contribution in [0.5, 0.6) is 0 Å². The molecule has 132 valence electrons. The van der Waals surface area contributed by atoms with E-state index in [0.717, 1.165) is 74.9 Å². The van der Waals surface area contributed by atoms with Crippen molar-refractivity contribution in [2.45, 2.75) is 45.4 Å². The third-order valence-electron chi connectivity index (χ3n) is 4.82. The Labute approximate surface area is 148 Å². The molecule has 2 aliphatic heterocycles. The lowest BCUT2D eigenvalue weighted by atomic mass is 10.1. The molecular weight excluding hydrogens is 314 g/mol. The van der Waals surface area contributed by atoms with Crippen molar-refractivity contribution in [1.29, 1.82) is 0 Å². The number of hydrogen-bond acceptors (Lipinski definition) is 6. The van der Waals surface area contributed by atoms with Crippen molar-refractivity contribution in [1.82, 2.24) is 20.3 Å². The van der Waals surface area contributed by atoms with Gasteiger partial charge in [-0.25, -0.2) is 9.97 Å². The van der Waals surface area contributed by atoms with Gasteiger partial charge in [-0.1, -0.05) is 6.92 Å². The molecule has 0 aromatic carbocycles. The fourth-order valence-electron chi connectivity index (χ4n) is 3.59. The summed E-state index contributed by atoms with van der Waals surface area (Å²) in [7, 11) is 0. The molecule has 0 bridgehead atoms. The van der Waals surface area contributed by atoms with Crippen LogP contribution in [0.15, 0.2) is 24.5 Å². The van der Waals surface area contributed by atoms with Crippen molar-refractivity contribution >= 4 is 5.82 Å². The molecule has 4 rings (SSSR count). The Morgan fingerprint density at radius 1 is 1.32 bits per heavy atom. The summed E-state index contributed by atoms with van der Waals surface area (Å²) in [6.07, 6.45) is 7.25. The van der Waals surface area contributed by atoms with Crippen molar-refractivity contribution in [2.24, 2.45) is 0 Å². The van der Waals surface area contributed by atoms with Crippen molar-refractivity contribution < 1.29 is 4.74 Å². The minimum absolute atomic E-state index is 0.301. The first-order valence-electron chi connectivity index (χ1n) is 9.22. The average molecular weight is 339 g/mol. The lowest BCUT2D eigenvalue weighted by Crippen LogP contribution is -2.41. The summed E-state index contributed by atoms with van der Waals surface area (Å²) in [6.45, 7) is 6.58. The Morgan fingerprint density at radius 2 is 2.28 bits per heavy atom. The summed E-state index contributed by atoms with van der Waals surface area (Å²) < 4.78 is 6.01. The topological polar surface area (TPSA) is 63.2 Å². The Hall–Kier alpha value is -2.05. The van der Waals surface area contributed by atoms with E-state index in [2.05, 4.69) is 22.1 Å². The van der Waals surface area contributed by atoms with Crippen LogP contribution in [0.1, 0.15) is 37.4 Å². The van der Waals surface area contributed by atoms with Crippen LogP contribution in [0.2, 0.25) is 0 Å². The fraction of sp³-hybridized carbons (Fsp3) is 0.526. The molecule has 1 saturated heterocycles. The van der Waals surface area contributed by atoms with Crippen LogP contribution >= 0.6 is 0 Å². The molecule has 2 aromatic rings. The summed E-state index contributed by atoms with van der Waals surface area (Å²) >= 11 is 0. The molecule has 4 heterocycles. The van der Waals surface area contributed by atoms with Gasteiger partial charge in [0, 0.05) is 56.3 Å². The van der Waals surface area contributed by atoms with E-state index in [1.807, 2.05) is 18.3 Å². The van der Waals surface area contributed by atoms with Gasteiger partial charge in [0.25, 0.3) is 0 Å². The number of rotatable bonds is 5. The molecule has 1 N–H and O–H groups in total. The van der Waals surface area contributed by atoms with Gasteiger partial charge in [-0.15, -0.1) is 0 Å². The Balaban J connectivity index is 1.65. The first-order valence-corrected chi connectivity index (χ1v) is 9.22. The number of pyridine rings is 1. The highest BCUT2D eigenvalue weighted by molar-refractivity contribution is 5.60. The van der Waals surface area contributed by atoms with E-state index >= 15 is 0 Å². The molecule has 6 heteroatoms. The van der Waals surface area contributed by atoms with Crippen LogP contribution in [0.25, 0.3) is 11.4 Å². The number of aromatic nitrogens is 3. The van der Waals surface area contributed by atoms with E-state index in [-0.39, 0.29) is 0 Å². The van der Waals surface area contributed by atoms with Crippen molar-refractivity contribution in [3.05, 3.63) is 35.8 Å². The van der Waals surface area contributed by atoms with Crippen molar-refractivity contribution in [3.8, 4) is 11.4 Å². The van der Waals surface area contributed by atoms with E-state index in [0.29, 0.717) is 6.10 Å². The maximum Gasteiger partial charge on any atom is 0.163 e. The predicted octanol–water partition coefficient (Wildman–Crippen LogP) is 2.54. The second-order valence-corrected chi connectivity index (χ2v) is 6.72. The van der Waals surface area contributed by atoms with Gasteiger partial charge in [-0.2, -0.15) is 0 Å². The van der Waals surface area contributed by atoms with Gasteiger partial charge >= 0.3 is 0 Å². The molecule has 2 aliphatic rings. The van der Waals surface area contributed by atoms with Crippen LogP contribution < -0.4 is 10.2 Å². The number of nitrogens with zero attached hydrogens (tertiary/aromatic N) is 4. The second-order valence-electron chi connectivity index (χ2n) is 6.72. The number of anilines is 1. The standard InChI is InChI=1S/C19H25N5O/c1-2-9-25-15-6-4-8-24(13-15)19-16-11-21-12-17(16)22-18(23-19)14-5-3-7-20-10-14/h3,5,7,10,15,21H,2,4,6,8-9,11-13H2,1H3/t15-/m0/s1. The lowest BCUT2D eigenvalue weighted by molar-refractivity contribution is 0.0439. The zero-order chi connectivity index (χ0) is 17.1. The molecule has 1 fully saturated rings. The molecule has 2 aromatic heterocycles. The summed E-state index contributed by atoms with van der Waals surface area (Å²) in [5.74, 6) is 1.83. The molecule has 0 radical (unpaired) electrons. The summed E-state index contributed by atoms with van der Waals surface area (Å²) in [6, 6.07) is 3.95. The van der Waals surface area contributed by atoms with Crippen LogP contribution in [-0.4, -0.2) is 40.8 Å². The highest BCUT2D eigenvalue weighted by Crippen LogP contribution is 2.30. The van der Waals surface area contributed by atoms with E-state index in [1.54, 1.807) is 6.20 Å². The predicted molar refractivity (Wildman–Crippen MR) is 97.3 cm³/mol. The first kappa shape index (κ1) is 16.4. The number of nitrogens with one attached hydrogen (secondary N) is 1. The Bertz CT molecular complexity index is 721.